The molecule has 2 fully saturated rings. The van der Waals surface area contributed by atoms with Crippen molar-refractivity contribution in [2.75, 3.05) is 0 Å². The first kappa shape index (κ1) is 11.8. The standard InChI is InChI=1S/C14H23NO/c1-11-2-4-12(5-3-11)13-6-8-14(9-7-13)16-10-15/h11-14H,2-9H2,1H3. The molecule has 0 amide bonds. The summed E-state index contributed by atoms with van der Waals surface area (Å²) in [4.78, 5) is 0. The van der Waals surface area contributed by atoms with E-state index in [-0.39, 0.29) is 6.10 Å². The fourth-order valence-corrected chi connectivity index (χ4v) is 3.51. The van der Waals surface area contributed by atoms with E-state index in [9.17, 15) is 0 Å². The highest BCUT2D eigenvalue weighted by molar-refractivity contribution is 4.82. The van der Waals surface area contributed by atoms with E-state index in [1.165, 1.54) is 38.5 Å². The molecule has 2 heteroatoms. The highest BCUT2D eigenvalue weighted by Gasteiger charge is 2.30. The third kappa shape index (κ3) is 2.90. The summed E-state index contributed by atoms with van der Waals surface area (Å²) in [6, 6.07) is 0. The Balaban J connectivity index is 1.74. The van der Waals surface area contributed by atoms with Crippen LogP contribution in [0.2, 0.25) is 0 Å². The van der Waals surface area contributed by atoms with Crippen molar-refractivity contribution in [3.05, 3.63) is 0 Å². The van der Waals surface area contributed by atoms with Gasteiger partial charge < -0.3 is 4.74 Å². The maximum Gasteiger partial charge on any atom is 0.286 e. The number of hydrogen-bond acceptors (Lipinski definition) is 2. The highest BCUT2D eigenvalue weighted by Crippen LogP contribution is 2.40. The molecule has 2 saturated carbocycles. The minimum Gasteiger partial charge on any atom is -0.424 e. The lowest BCUT2D eigenvalue weighted by Crippen LogP contribution is -2.27. The first-order chi connectivity index (χ1) is 7.79. The van der Waals surface area contributed by atoms with E-state index in [1.807, 2.05) is 6.26 Å². The number of rotatable bonds is 2. The SMILES string of the molecule is CC1CCC(C2CCC(OC#N)CC2)CC1. The second-order valence-electron chi connectivity index (χ2n) is 5.77. The molecule has 0 aromatic rings. The average molecular weight is 221 g/mol. The third-order valence-corrected chi connectivity index (χ3v) is 4.67. The quantitative estimate of drug-likeness (QED) is 0.663. The minimum atomic E-state index is 0.226. The molecule has 0 aromatic carbocycles. The molecule has 2 aliphatic rings. The molecule has 2 nitrogen and oxygen atoms in total. The Kier molecular flexibility index (Phi) is 4.09. The van der Waals surface area contributed by atoms with Gasteiger partial charge in [-0.25, -0.2) is 0 Å². The fourth-order valence-electron chi connectivity index (χ4n) is 3.51. The molecule has 0 atom stereocenters. The highest BCUT2D eigenvalue weighted by atomic mass is 16.5. The Labute approximate surface area is 99.0 Å². The molecular formula is C14H23NO. The number of ether oxygens (including phenoxy) is 1. The van der Waals surface area contributed by atoms with Crippen LogP contribution in [0.15, 0.2) is 0 Å². The van der Waals surface area contributed by atoms with E-state index in [2.05, 4.69) is 6.92 Å². The Morgan fingerprint density at radius 2 is 1.38 bits per heavy atom. The summed E-state index contributed by atoms with van der Waals surface area (Å²) >= 11 is 0. The number of nitriles is 1. The zero-order valence-corrected chi connectivity index (χ0v) is 10.3. The van der Waals surface area contributed by atoms with Crippen LogP contribution < -0.4 is 0 Å². The lowest BCUT2D eigenvalue weighted by Gasteiger charge is -2.36. The summed E-state index contributed by atoms with van der Waals surface area (Å²) in [5.74, 6) is 2.85. The molecule has 0 heterocycles. The van der Waals surface area contributed by atoms with Crippen LogP contribution >= 0.6 is 0 Å². The Hall–Kier alpha value is -0.710. The molecule has 90 valence electrons. The van der Waals surface area contributed by atoms with Crippen molar-refractivity contribution in [3.8, 4) is 6.26 Å². The fraction of sp³-hybridized carbons (Fsp3) is 0.929. The predicted molar refractivity (Wildman–Crippen MR) is 63.6 cm³/mol. The predicted octanol–water partition coefficient (Wildman–Crippen LogP) is 3.87. The first-order valence-corrected chi connectivity index (χ1v) is 6.84. The van der Waals surface area contributed by atoms with E-state index in [1.54, 1.807) is 0 Å². The third-order valence-electron chi connectivity index (χ3n) is 4.67. The lowest BCUT2D eigenvalue weighted by molar-refractivity contribution is 0.0733. The van der Waals surface area contributed by atoms with Crippen LogP contribution in [0.1, 0.15) is 58.3 Å². The number of nitrogens with zero attached hydrogens (tertiary/aromatic N) is 1. The molecule has 0 N–H and O–H groups in total. The summed E-state index contributed by atoms with van der Waals surface area (Å²) in [7, 11) is 0. The molecule has 2 aliphatic carbocycles. The molecule has 2 rings (SSSR count). The van der Waals surface area contributed by atoms with E-state index in [0.29, 0.717) is 0 Å². The normalized spacial score (nSPS) is 40.0. The second kappa shape index (κ2) is 5.57. The summed E-state index contributed by atoms with van der Waals surface area (Å²) in [6.07, 6.45) is 12.6. The van der Waals surface area contributed by atoms with Crippen molar-refractivity contribution in [2.24, 2.45) is 17.8 Å². The smallest absolute Gasteiger partial charge is 0.286 e. The van der Waals surface area contributed by atoms with Crippen molar-refractivity contribution >= 4 is 0 Å². The van der Waals surface area contributed by atoms with Gasteiger partial charge in [0.2, 0.25) is 0 Å². The van der Waals surface area contributed by atoms with Crippen molar-refractivity contribution in [3.63, 3.8) is 0 Å². The topological polar surface area (TPSA) is 33.0 Å². The van der Waals surface area contributed by atoms with Gasteiger partial charge in [-0.2, -0.15) is 5.26 Å². The van der Waals surface area contributed by atoms with Gasteiger partial charge in [-0.3, -0.25) is 0 Å². The zero-order chi connectivity index (χ0) is 11.4. The van der Waals surface area contributed by atoms with Gasteiger partial charge >= 0.3 is 0 Å². The van der Waals surface area contributed by atoms with Gasteiger partial charge in [-0.05, 0) is 56.3 Å². The van der Waals surface area contributed by atoms with Crippen molar-refractivity contribution in [1.82, 2.24) is 0 Å². The summed E-state index contributed by atoms with van der Waals surface area (Å²) in [5, 5.41) is 8.49. The van der Waals surface area contributed by atoms with E-state index < -0.39 is 0 Å². The van der Waals surface area contributed by atoms with Crippen LogP contribution in [-0.2, 0) is 4.74 Å². The molecule has 0 saturated heterocycles. The molecule has 0 bridgehead atoms. The van der Waals surface area contributed by atoms with Gasteiger partial charge in [0.05, 0.1) is 0 Å². The van der Waals surface area contributed by atoms with Crippen molar-refractivity contribution in [1.29, 1.82) is 5.26 Å². The second-order valence-corrected chi connectivity index (χ2v) is 5.77. The van der Waals surface area contributed by atoms with Crippen LogP contribution in [0.25, 0.3) is 0 Å². The molecule has 0 spiro atoms. The summed E-state index contributed by atoms with van der Waals surface area (Å²) in [6.45, 7) is 2.38. The Morgan fingerprint density at radius 1 is 0.875 bits per heavy atom. The molecule has 0 radical (unpaired) electrons. The van der Waals surface area contributed by atoms with Gasteiger partial charge in [-0.15, -0.1) is 0 Å². The van der Waals surface area contributed by atoms with Crippen LogP contribution in [0.4, 0.5) is 0 Å². The molecular weight excluding hydrogens is 198 g/mol. The van der Waals surface area contributed by atoms with Crippen molar-refractivity contribution < 1.29 is 4.74 Å². The van der Waals surface area contributed by atoms with Crippen molar-refractivity contribution in [2.45, 2.75) is 64.4 Å². The molecule has 0 aromatic heterocycles. The minimum absolute atomic E-state index is 0.226. The monoisotopic (exact) mass is 221 g/mol. The van der Waals surface area contributed by atoms with Crippen LogP contribution in [-0.4, -0.2) is 6.10 Å². The summed E-state index contributed by atoms with van der Waals surface area (Å²) < 4.78 is 5.04. The first-order valence-electron chi connectivity index (χ1n) is 6.84. The van der Waals surface area contributed by atoms with E-state index >= 15 is 0 Å². The molecule has 0 aliphatic heterocycles. The van der Waals surface area contributed by atoms with Gasteiger partial charge in [0, 0.05) is 0 Å². The number of hydrogen-bond donors (Lipinski definition) is 0. The maximum atomic E-state index is 8.49. The van der Waals surface area contributed by atoms with Crippen LogP contribution in [0.5, 0.6) is 0 Å². The zero-order valence-electron chi connectivity index (χ0n) is 10.3. The average Bonchev–Trinajstić information content (AvgIpc) is 2.32. The largest absolute Gasteiger partial charge is 0.424 e. The van der Waals surface area contributed by atoms with Gasteiger partial charge in [-0.1, -0.05) is 19.8 Å². The van der Waals surface area contributed by atoms with Crippen LogP contribution in [0.3, 0.4) is 0 Å². The lowest BCUT2D eigenvalue weighted by atomic mass is 9.71. The molecule has 16 heavy (non-hydrogen) atoms. The summed E-state index contributed by atoms with van der Waals surface area (Å²) in [5.41, 5.74) is 0. The molecule has 0 unspecified atom stereocenters. The van der Waals surface area contributed by atoms with E-state index in [0.717, 1.165) is 30.6 Å². The maximum absolute atomic E-state index is 8.49. The van der Waals surface area contributed by atoms with E-state index in [4.69, 9.17) is 10.00 Å². The van der Waals surface area contributed by atoms with Gasteiger partial charge in [0.15, 0.2) is 0 Å². The van der Waals surface area contributed by atoms with Gasteiger partial charge in [0.1, 0.15) is 6.10 Å². The Morgan fingerprint density at radius 3 is 1.88 bits per heavy atom. The van der Waals surface area contributed by atoms with Crippen LogP contribution in [0, 0.1) is 29.3 Å². The Bertz CT molecular complexity index is 242. The van der Waals surface area contributed by atoms with Gasteiger partial charge in [0.25, 0.3) is 6.26 Å².